The first-order valence-electron chi connectivity index (χ1n) is 13.7. The average Bonchev–Trinajstić information content (AvgIpc) is 3.53. The zero-order chi connectivity index (χ0) is 28.7. The number of ether oxygens (including phenoxy) is 1. The number of amides is 3. The summed E-state index contributed by atoms with van der Waals surface area (Å²) in [4.78, 5) is 45.4. The molecule has 9 nitrogen and oxygen atoms in total. The number of fused-ring (bicyclic) bond motifs is 2. The predicted molar refractivity (Wildman–Crippen MR) is 143 cm³/mol. The van der Waals surface area contributed by atoms with Crippen LogP contribution in [0.3, 0.4) is 0 Å². The summed E-state index contributed by atoms with van der Waals surface area (Å²) in [6.07, 6.45) is 1.23. The van der Waals surface area contributed by atoms with Crippen molar-refractivity contribution in [3.63, 3.8) is 0 Å². The van der Waals surface area contributed by atoms with Gasteiger partial charge in [-0.25, -0.2) is 9.18 Å². The largest absolute Gasteiger partial charge is 0.444 e. The molecule has 2 bridgehead atoms. The molecule has 3 unspecified atom stereocenters. The first kappa shape index (κ1) is 28.8. The van der Waals surface area contributed by atoms with Gasteiger partial charge in [-0.2, -0.15) is 5.26 Å². The van der Waals surface area contributed by atoms with Gasteiger partial charge in [0.15, 0.2) is 0 Å². The zero-order valence-electron chi connectivity index (χ0n) is 23.7. The molecule has 0 spiro atoms. The van der Waals surface area contributed by atoms with E-state index in [1.807, 2.05) is 9.80 Å². The standard InChI is InChI=1S/C29H40FN5O4/c1-28(2,3)24(18-9-11-19(30)12-10-18)35-21-14-23(26(35)37)33(16-21)17-22(32-27(38)39-29(4,5)6)25(36)34-13-7-8-20(34)15-31/h9-12,20-24H,7-8,13-14,16-17H2,1-6H3,(H,32,38)/t20-,21?,22-,23?,24?/m0/s1. The van der Waals surface area contributed by atoms with Gasteiger partial charge in [-0.15, -0.1) is 0 Å². The van der Waals surface area contributed by atoms with E-state index in [0.29, 0.717) is 25.9 Å². The summed E-state index contributed by atoms with van der Waals surface area (Å²) < 4.78 is 19.1. The van der Waals surface area contributed by atoms with Gasteiger partial charge in [0.1, 0.15) is 23.5 Å². The number of nitrogens with one attached hydrogen (secondary N) is 1. The molecule has 0 aromatic heterocycles. The van der Waals surface area contributed by atoms with E-state index in [1.165, 1.54) is 17.0 Å². The number of piperazine rings is 1. The smallest absolute Gasteiger partial charge is 0.408 e. The van der Waals surface area contributed by atoms with E-state index in [0.717, 1.165) is 12.0 Å². The number of hydrogen-bond donors (Lipinski definition) is 1. The maximum atomic E-state index is 13.8. The van der Waals surface area contributed by atoms with Crippen molar-refractivity contribution in [3.8, 4) is 6.07 Å². The molecule has 1 N–H and O–H groups in total. The Morgan fingerprint density at radius 1 is 1.18 bits per heavy atom. The third kappa shape index (κ3) is 6.19. The Morgan fingerprint density at radius 3 is 2.41 bits per heavy atom. The highest BCUT2D eigenvalue weighted by atomic mass is 19.1. The average molecular weight is 542 g/mol. The summed E-state index contributed by atoms with van der Waals surface area (Å²) in [6.45, 7) is 12.6. The quantitative estimate of drug-likeness (QED) is 0.590. The van der Waals surface area contributed by atoms with E-state index in [-0.39, 0.29) is 41.7 Å². The molecule has 0 saturated carbocycles. The Kier molecular flexibility index (Phi) is 7.95. The van der Waals surface area contributed by atoms with E-state index in [9.17, 15) is 24.0 Å². The summed E-state index contributed by atoms with van der Waals surface area (Å²) in [5.41, 5.74) is -0.152. The zero-order valence-corrected chi connectivity index (χ0v) is 23.7. The van der Waals surface area contributed by atoms with E-state index >= 15 is 0 Å². The lowest BCUT2D eigenvalue weighted by molar-refractivity contribution is -0.144. The fourth-order valence-electron chi connectivity index (χ4n) is 6.19. The molecule has 3 aliphatic rings. The molecule has 10 heteroatoms. The Bertz CT molecular complexity index is 1140. The molecular weight excluding hydrogens is 501 g/mol. The van der Waals surface area contributed by atoms with Gasteiger partial charge in [-0.1, -0.05) is 32.9 Å². The first-order valence-corrected chi connectivity index (χ1v) is 13.7. The van der Waals surface area contributed by atoms with Gasteiger partial charge in [0.05, 0.1) is 18.2 Å². The summed E-state index contributed by atoms with van der Waals surface area (Å²) in [5, 5.41) is 12.2. The maximum absolute atomic E-state index is 13.8. The van der Waals surface area contributed by atoms with Crippen molar-refractivity contribution >= 4 is 17.9 Å². The summed E-state index contributed by atoms with van der Waals surface area (Å²) in [7, 11) is 0. The van der Waals surface area contributed by atoms with Crippen molar-refractivity contribution in [3.05, 3.63) is 35.6 Å². The number of rotatable bonds is 6. The van der Waals surface area contributed by atoms with Crippen LogP contribution >= 0.6 is 0 Å². The molecule has 1 aromatic carbocycles. The van der Waals surface area contributed by atoms with Crippen LogP contribution in [-0.2, 0) is 14.3 Å². The van der Waals surface area contributed by atoms with Crippen LogP contribution in [0.25, 0.3) is 0 Å². The Labute approximate surface area is 230 Å². The number of nitriles is 1. The van der Waals surface area contributed by atoms with Crippen molar-refractivity contribution in [1.29, 1.82) is 5.26 Å². The fourth-order valence-corrected chi connectivity index (χ4v) is 6.19. The van der Waals surface area contributed by atoms with Gasteiger partial charge < -0.3 is 19.9 Å². The van der Waals surface area contributed by atoms with Crippen LogP contribution in [0.2, 0.25) is 0 Å². The normalized spacial score (nSPS) is 25.0. The minimum absolute atomic E-state index is 0.0324. The molecule has 3 heterocycles. The summed E-state index contributed by atoms with van der Waals surface area (Å²) in [5.74, 6) is -0.692. The van der Waals surface area contributed by atoms with Crippen LogP contribution in [0, 0.1) is 22.6 Å². The number of likely N-dealkylation sites (tertiary alicyclic amines) is 3. The first-order chi connectivity index (χ1) is 18.2. The van der Waals surface area contributed by atoms with E-state index < -0.39 is 29.8 Å². The number of alkyl carbamates (subject to hydrolysis) is 1. The Morgan fingerprint density at radius 2 is 1.85 bits per heavy atom. The number of hydrogen-bond acceptors (Lipinski definition) is 6. The highest BCUT2D eigenvalue weighted by Crippen LogP contribution is 2.45. The molecule has 0 aliphatic carbocycles. The number of halogens is 1. The molecule has 4 rings (SSSR count). The monoisotopic (exact) mass is 541 g/mol. The minimum Gasteiger partial charge on any atom is -0.444 e. The van der Waals surface area contributed by atoms with E-state index in [2.05, 4.69) is 32.2 Å². The van der Waals surface area contributed by atoms with Crippen LogP contribution < -0.4 is 5.32 Å². The highest BCUT2D eigenvalue weighted by molar-refractivity contribution is 5.88. The van der Waals surface area contributed by atoms with E-state index in [4.69, 9.17) is 4.74 Å². The molecule has 3 saturated heterocycles. The topological polar surface area (TPSA) is 106 Å². The molecule has 212 valence electrons. The van der Waals surface area contributed by atoms with Crippen molar-refractivity contribution < 1.29 is 23.5 Å². The summed E-state index contributed by atoms with van der Waals surface area (Å²) >= 11 is 0. The number of nitrogens with zero attached hydrogens (tertiary/aromatic N) is 4. The van der Waals surface area contributed by atoms with E-state index in [1.54, 1.807) is 32.9 Å². The third-order valence-electron chi connectivity index (χ3n) is 7.69. The maximum Gasteiger partial charge on any atom is 0.408 e. The molecule has 1 aromatic rings. The predicted octanol–water partition coefficient (Wildman–Crippen LogP) is 3.61. The second-order valence-electron chi connectivity index (χ2n) is 12.9. The summed E-state index contributed by atoms with van der Waals surface area (Å²) in [6, 6.07) is 6.28. The minimum atomic E-state index is -0.954. The fraction of sp³-hybridized carbons (Fsp3) is 0.655. The van der Waals surface area contributed by atoms with Gasteiger partial charge in [0.25, 0.3) is 0 Å². The van der Waals surface area contributed by atoms with Gasteiger partial charge in [0, 0.05) is 25.7 Å². The second kappa shape index (κ2) is 10.8. The Hall–Kier alpha value is -3.19. The third-order valence-corrected chi connectivity index (χ3v) is 7.69. The lowest BCUT2D eigenvalue weighted by Crippen LogP contribution is -2.59. The molecule has 3 aliphatic heterocycles. The van der Waals surface area contributed by atoms with Crippen LogP contribution in [0.4, 0.5) is 9.18 Å². The number of carbonyl (C=O) groups is 3. The van der Waals surface area contributed by atoms with Crippen molar-refractivity contribution in [2.75, 3.05) is 19.6 Å². The van der Waals surface area contributed by atoms with Crippen molar-refractivity contribution in [1.82, 2.24) is 20.0 Å². The molecule has 3 amide bonds. The SMILES string of the molecule is CC(C)(C)OC(=O)N[C@@H](CN1CC2CC1C(=O)N2C(c1ccc(F)cc1)C(C)(C)C)C(=O)N1CCC[C@H]1C#N. The Balaban J connectivity index is 1.54. The lowest BCUT2D eigenvalue weighted by atomic mass is 9.80. The van der Waals surface area contributed by atoms with Gasteiger partial charge in [-0.05, 0) is 63.1 Å². The number of benzene rings is 1. The highest BCUT2D eigenvalue weighted by Gasteiger charge is 2.54. The number of carbonyl (C=O) groups excluding carboxylic acids is 3. The lowest BCUT2D eigenvalue weighted by Gasteiger charge is -2.45. The van der Waals surface area contributed by atoms with Gasteiger partial charge in [-0.3, -0.25) is 14.5 Å². The molecule has 39 heavy (non-hydrogen) atoms. The van der Waals surface area contributed by atoms with Crippen LogP contribution in [-0.4, -0.2) is 82.0 Å². The second-order valence-corrected chi connectivity index (χ2v) is 12.9. The van der Waals surface area contributed by atoms with Crippen molar-refractivity contribution in [2.45, 2.75) is 96.6 Å². The van der Waals surface area contributed by atoms with Crippen LogP contribution in [0.5, 0.6) is 0 Å². The van der Waals surface area contributed by atoms with Crippen molar-refractivity contribution in [2.24, 2.45) is 5.41 Å². The van der Waals surface area contributed by atoms with Crippen LogP contribution in [0.15, 0.2) is 24.3 Å². The molecule has 5 atom stereocenters. The van der Waals surface area contributed by atoms with Gasteiger partial charge >= 0.3 is 6.09 Å². The molecule has 3 fully saturated rings. The van der Waals surface area contributed by atoms with Gasteiger partial charge in [0.2, 0.25) is 11.8 Å². The van der Waals surface area contributed by atoms with Crippen LogP contribution in [0.1, 0.15) is 72.4 Å². The molecule has 0 radical (unpaired) electrons. The molecular formula is C29H40FN5O4.